The lowest BCUT2D eigenvalue weighted by Gasteiger charge is -2.35. The number of aromatic nitrogens is 4. The number of fused-ring (bicyclic) bond motifs is 5. The van der Waals surface area contributed by atoms with Crippen LogP contribution in [0.4, 0.5) is 0 Å². The molecule has 176 valence electrons. The van der Waals surface area contributed by atoms with E-state index >= 15 is 0 Å². The van der Waals surface area contributed by atoms with Crippen LogP contribution in [0.25, 0.3) is 55.6 Å². The molecule has 0 radical (unpaired) electrons. The third kappa shape index (κ3) is 2.67. The van der Waals surface area contributed by atoms with Gasteiger partial charge < -0.3 is 4.57 Å². The summed E-state index contributed by atoms with van der Waals surface area (Å²) in [5.74, 6) is 0.923. The number of pyridine rings is 1. The van der Waals surface area contributed by atoms with Gasteiger partial charge in [0.1, 0.15) is 5.82 Å². The van der Waals surface area contributed by atoms with E-state index in [-0.39, 0.29) is 5.41 Å². The van der Waals surface area contributed by atoms with Crippen molar-refractivity contribution in [3.8, 4) is 22.8 Å². The van der Waals surface area contributed by atoms with Crippen LogP contribution in [0, 0.1) is 0 Å². The molecule has 1 aliphatic rings. The summed E-state index contributed by atoms with van der Waals surface area (Å²) in [6.45, 7) is 4.64. The van der Waals surface area contributed by atoms with Gasteiger partial charge in [-0.15, -0.1) is 0 Å². The first kappa shape index (κ1) is 20.5. The van der Waals surface area contributed by atoms with Crippen LogP contribution in [0.3, 0.4) is 0 Å². The second kappa shape index (κ2) is 7.17. The lowest BCUT2D eigenvalue weighted by Crippen LogP contribution is -2.26. The molecule has 0 saturated heterocycles. The Morgan fingerprint density at radius 2 is 1.43 bits per heavy atom. The average molecular weight is 477 g/mol. The Hall–Kier alpha value is -4.70. The summed E-state index contributed by atoms with van der Waals surface area (Å²) >= 11 is 0. The topological polar surface area (TPSA) is 35.6 Å². The van der Waals surface area contributed by atoms with E-state index in [0.29, 0.717) is 0 Å². The number of hydrogen-bond donors (Lipinski definition) is 0. The number of hydrogen-bond acceptors (Lipinski definition) is 2. The third-order valence-electron chi connectivity index (χ3n) is 8.00. The summed E-state index contributed by atoms with van der Waals surface area (Å²) in [4.78, 5) is 9.53. The Kier molecular flexibility index (Phi) is 3.97. The normalized spacial score (nSPS) is 13.9. The molecule has 0 fully saturated rings. The number of para-hydroxylation sites is 3. The van der Waals surface area contributed by atoms with Gasteiger partial charge in [0.15, 0.2) is 0 Å². The van der Waals surface area contributed by atoms with Crippen LogP contribution in [0.5, 0.6) is 0 Å². The molecular formula is C33H24N4. The van der Waals surface area contributed by atoms with Gasteiger partial charge in [-0.2, -0.15) is 0 Å². The highest BCUT2D eigenvalue weighted by atomic mass is 15.1. The van der Waals surface area contributed by atoms with Crippen molar-refractivity contribution in [3.05, 3.63) is 121 Å². The van der Waals surface area contributed by atoms with Crippen molar-refractivity contribution >= 4 is 32.8 Å². The molecule has 4 heterocycles. The van der Waals surface area contributed by atoms with Crippen molar-refractivity contribution < 1.29 is 0 Å². The quantitative estimate of drug-likeness (QED) is 0.255. The Labute approximate surface area is 214 Å². The Balaban J connectivity index is 1.49. The second-order valence-corrected chi connectivity index (χ2v) is 10.4. The zero-order valence-electron chi connectivity index (χ0n) is 20.7. The predicted molar refractivity (Wildman–Crippen MR) is 151 cm³/mol. The summed E-state index contributed by atoms with van der Waals surface area (Å²) in [5, 5.41) is 2.53. The minimum absolute atomic E-state index is 0.156. The molecule has 7 aromatic rings. The Morgan fingerprint density at radius 1 is 0.676 bits per heavy atom. The lowest BCUT2D eigenvalue weighted by atomic mass is 9.74. The van der Waals surface area contributed by atoms with Crippen LogP contribution < -0.4 is 0 Å². The first-order valence-electron chi connectivity index (χ1n) is 12.7. The number of rotatable bonds is 2. The minimum Gasteiger partial charge on any atom is -0.309 e. The summed E-state index contributed by atoms with van der Waals surface area (Å²) in [6.07, 6.45) is 3.71. The molecule has 4 aromatic carbocycles. The molecule has 0 atom stereocenters. The van der Waals surface area contributed by atoms with E-state index in [1.165, 1.54) is 44.1 Å². The predicted octanol–water partition coefficient (Wildman–Crippen LogP) is 7.82. The zero-order chi connectivity index (χ0) is 24.7. The SMILES string of the molecule is CC1(C)c2ccc(-n3c4ccccc4c4ccccc43)cc2-n2c(-c3cccnc3)nc3cccc1c32. The third-order valence-corrected chi connectivity index (χ3v) is 8.00. The Bertz CT molecular complexity index is 1950. The van der Waals surface area contributed by atoms with Crippen molar-refractivity contribution in [2.75, 3.05) is 0 Å². The van der Waals surface area contributed by atoms with Crippen molar-refractivity contribution in [2.24, 2.45) is 0 Å². The molecule has 8 rings (SSSR count). The van der Waals surface area contributed by atoms with Crippen LogP contribution >= 0.6 is 0 Å². The second-order valence-electron chi connectivity index (χ2n) is 10.4. The van der Waals surface area contributed by atoms with Crippen LogP contribution in [0.15, 0.2) is 109 Å². The van der Waals surface area contributed by atoms with Crippen molar-refractivity contribution in [1.82, 2.24) is 19.1 Å². The van der Waals surface area contributed by atoms with Gasteiger partial charge >= 0.3 is 0 Å². The number of nitrogens with zero attached hydrogens (tertiary/aromatic N) is 4. The lowest BCUT2D eigenvalue weighted by molar-refractivity contribution is 0.629. The van der Waals surface area contributed by atoms with Gasteiger partial charge in [0.2, 0.25) is 0 Å². The van der Waals surface area contributed by atoms with Gasteiger partial charge in [-0.05, 0) is 53.6 Å². The van der Waals surface area contributed by atoms with E-state index in [2.05, 4.69) is 119 Å². The van der Waals surface area contributed by atoms with E-state index in [1.807, 2.05) is 18.5 Å². The van der Waals surface area contributed by atoms with Crippen molar-refractivity contribution in [1.29, 1.82) is 0 Å². The summed E-state index contributed by atoms with van der Waals surface area (Å²) < 4.78 is 4.73. The van der Waals surface area contributed by atoms with Crippen molar-refractivity contribution in [3.63, 3.8) is 0 Å². The van der Waals surface area contributed by atoms with E-state index in [9.17, 15) is 0 Å². The van der Waals surface area contributed by atoms with Gasteiger partial charge in [0, 0.05) is 39.8 Å². The molecule has 37 heavy (non-hydrogen) atoms. The van der Waals surface area contributed by atoms with Crippen LogP contribution in [-0.4, -0.2) is 19.1 Å². The number of imidazole rings is 1. The minimum atomic E-state index is -0.156. The van der Waals surface area contributed by atoms with E-state index < -0.39 is 0 Å². The average Bonchev–Trinajstić information content (AvgIpc) is 3.49. The molecule has 1 aliphatic heterocycles. The highest BCUT2D eigenvalue weighted by Gasteiger charge is 2.36. The van der Waals surface area contributed by atoms with Gasteiger partial charge in [0.05, 0.1) is 27.8 Å². The first-order valence-corrected chi connectivity index (χ1v) is 12.7. The molecule has 3 aromatic heterocycles. The van der Waals surface area contributed by atoms with Gasteiger partial charge in [-0.25, -0.2) is 4.98 Å². The summed E-state index contributed by atoms with van der Waals surface area (Å²) in [7, 11) is 0. The zero-order valence-corrected chi connectivity index (χ0v) is 20.7. The largest absolute Gasteiger partial charge is 0.309 e. The molecule has 0 bridgehead atoms. The molecular weight excluding hydrogens is 452 g/mol. The molecule has 0 amide bonds. The van der Waals surface area contributed by atoms with Gasteiger partial charge in [-0.3, -0.25) is 9.55 Å². The molecule has 0 N–H and O–H groups in total. The van der Waals surface area contributed by atoms with Crippen molar-refractivity contribution in [2.45, 2.75) is 19.3 Å². The highest BCUT2D eigenvalue weighted by Crippen LogP contribution is 2.47. The summed E-state index contributed by atoms with van der Waals surface area (Å²) in [5.41, 5.74) is 10.4. The first-order chi connectivity index (χ1) is 18.1. The maximum Gasteiger partial charge on any atom is 0.147 e. The van der Waals surface area contributed by atoms with Crippen LogP contribution in [0.2, 0.25) is 0 Å². The van der Waals surface area contributed by atoms with E-state index in [1.54, 1.807) is 0 Å². The Morgan fingerprint density at radius 3 is 2.16 bits per heavy atom. The monoisotopic (exact) mass is 476 g/mol. The van der Waals surface area contributed by atoms with E-state index in [0.717, 1.165) is 22.6 Å². The smallest absolute Gasteiger partial charge is 0.147 e. The molecule has 0 aliphatic carbocycles. The van der Waals surface area contributed by atoms with Crippen LogP contribution in [-0.2, 0) is 5.41 Å². The number of benzene rings is 4. The fourth-order valence-corrected chi connectivity index (χ4v) is 6.27. The van der Waals surface area contributed by atoms with Gasteiger partial charge in [-0.1, -0.05) is 68.4 Å². The van der Waals surface area contributed by atoms with Gasteiger partial charge in [0.25, 0.3) is 0 Å². The highest BCUT2D eigenvalue weighted by molar-refractivity contribution is 6.09. The standard InChI is InChI=1S/C33H24N4/c1-33(2)25-17-16-22(36-28-14-5-3-10-23(28)24-11-4-6-15-29(24)36)19-30(25)37-31-26(33)12-7-13-27(31)35-32(37)21-9-8-18-34-20-21/h3-20H,1-2H3. The van der Waals surface area contributed by atoms with E-state index in [4.69, 9.17) is 4.98 Å². The molecule has 0 unspecified atom stereocenters. The fraction of sp³-hybridized carbons (Fsp3) is 0.0909. The molecule has 0 spiro atoms. The molecule has 0 saturated carbocycles. The summed E-state index contributed by atoms with van der Waals surface area (Å²) in [6, 6.07) is 34.8. The molecule has 4 nitrogen and oxygen atoms in total. The fourth-order valence-electron chi connectivity index (χ4n) is 6.27. The maximum atomic E-state index is 5.13. The molecule has 4 heteroatoms. The van der Waals surface area contributed by atoms with Crippen LogP contribution in [0.1, 0.15) is 25.0 Å². The maximum absolute atomic E-state index is 5.13.